The van der Waals surface area contributed by atoms with E-state index in [0.29, 0.717) is 11.4 Å². The molecule has 0 N–H and O–H groups in total. The Morgan fingerprint density at radius 2 is 2.20 bits per heavy atom. The molecule has 2 amide bonds. The molecule has 78 valence electrons. The van der Waals surface area contributed by atoms with Crippen molar-refractivity contribution in [2.75, 3.05) is 17.4 Å². The molecule has 15 heavy (non-hydrogen) atoms. The first-order valence-electron chi connectivity index (χ1n) is 4.37. The maximum Gasteiger partial charge on any atom is 0.271 e. The predicted octanol–water partition coefficient (Wildman–Crippen LogP) is 1.18. The number of hydrogen-bond donors (Lipinski definition) is 0. The molecule has 0 saturated carbocycles. The zero-order valence-corrected chi connectivity index (χ0v) is 8.53. The molecule has 2 rings (SSSR count). The number of nitrogens with zero attached hydrogens (tertiary/aromatic N) is 1. The van der Waals surface area contributed by atoms with E-state index in [0.717, 1.165) is 4.90 Å². The summed E-state index contributed by atoms with van der Waals surface area (Å²) in [6.07, 6.45) is 0. The second-order valence-electron chi connectivity index (χ2n) is 3.01. The van der Waals surface area contributed by atoms with Crippen LogP contribution >= 0.6 is 11.6 Å². The first-order chi connectivity index (χ1) is 7.24. The molecule has 0 atom stereocenters. The highest BCUT2D eigenvalue weighted by molar-refractivity contribution is 6.33. The van der Waals surface area contributed by atoms with Crippen LogP contribution in [0.5, 0.6) is 5.75 Å². The number of anilines is 1. The van der Waals surface area contributed by atoms with Gasteiger partial charge in [0.2, 0.25) is 5.91 Å². The number of carbonyl (C=O) groups excluding carboxylic acids is 2. The van der Waals surface area contributed by atoms with Crippen LogP contribution in [0.3, 0.4) is 0 Å². The van der Waals surface area contributed by atoms with E-state index in [9.17, 15) is 9.59 Å². The van der Waals surface area contributed by atoms with Gasteiger partial charge in [-0.3, -0.25) is 9.59 Å². The van der Waals surface area contributed by atoms with Crippen LogP contribution in [0.4, 0.5) is 5.69 Å². The summed E-state index contributed by atoms with van der Waals surface area (Å²) in [6.45, 7) is -0.125. The average molecular weight is 226 g/mol. The fraction of sp³-hybridized carbons (Fsp3) is 0.200. The summed E-state index contributed by atoms with van der Waals surface area (Å²) in [4.78, 5) is 24.0. The third-order valence-electron chi connectivity index (χ3n) is 2.07. The third kappa shape index (κ3) is 1.68. The van der Waals surface area contributed by atoms with Gasteiger partial charge in [0.1, 0.15) is 11.6 Å². The van der Waals surface area contributed by atoms with Gasteiger partial charge in [-0.2, -0.15) is 0 Å². The van der Waals surface area contributed by atoms with Gasteiger partial charge in [-0.05, 0) is 12.1 Å². The minimum atomic E-state index is -0.433. The number of fused-ring (bicyclic) bond motifs is 1. The molecule has 5 heteroatoms. The molecule has 1 aliphatic rings. The molecule has 0 radical (unpaired) electrons. The van der Waals surface area contributed by atoms with Crippen molar-refractivity contribution in [2.24, 2.45) is 0 Å². The summed E-state index contributed by atoms with van der Waals surface area (Å²) in [5.74, 6) is -0.521. The van der Waals surface area contributed by atoms with Crippen LogP contribution in [0.1, 0.15) is 0 Å². The number of amides is 2. The van der Waals surface area contributed by atoms with Crippen LogP contribution in [0.2, 0.25) is 0 Å². The smallest absolute Gasteiger partial charge is 0.271 e. The molecule has 0 aromatic heterocycles. The first-order valence-corrected chi connectivity index (χ1v) is 4.91. The van der Waals surface area contributed by atoms with Crippen molar-refractivity contribution in [1.82, 2.24) is 0 Å². The number of alkyl halides is 1. The minimum absolute atomic E-state index is 0.125. The van der Waals surface area contributed by atoms with Gasteiger partial charge in [0, 0.05) is 0 Å². The minimum Gasteiger partial charge on any atom is -0.482 e. The number of imide groups is 1. The van der Waals surface area contributed by atoms with Crippen molar-refractivity contribution in [3.8, 4) is 5.75 Å². The average Bonchev–Trinajstić information content (AvgIpc) is 2.28. The summed E-state index contributed by atoms with van der Waals surface area (Å²) < 4.78 is 5.17. The van der Waals surface area contributed by atoms with Crippen molar-refractivity contribution < 1.29 is 14.3 Å². The van der Waals surface area contributed by atoms with E-state index in [4.69, 9.17) is 16.3 Å². The van der Waals surface area contributed by atoms with Gasteiger partial charge in [0.05, 0.1) is 5.69 Å². The maximum absolute atomic E-state index is 11.5. The van der Waals surface area contributed by atoms with Gasteiger partial charge in [-0.1, -0.05) is 12.1 Å². The van der Waals surface area contributed by atoms with Crippen LogP contribution in [0.15, 0.2) is 24.3 Å². The van der Waals surface area contributed by atoms with Crippen LogP contribution in [0.25, 0.3) is 0 Å². The van der Waals surface area contributed by atoms with Gasteiger partial charge >= 0.3 is 0 Å². The second-order valence-corrected chi connectivity index (χ2v) is 3.28. The molecule has 0 aliphatic carbocycles. The zero-order valence-electron chi connectivity index (χ0n) is 7.77. The lowest BCUT2D eigenvalue weighted by molar-refractivity contribution is -0.127. The molecule has 1 aromatic rings. The summed E-state index contributed by atoms with van der Waals surface area (Å²) in [5, 5.41) is 0. The molecule has 4 nitrogen and oxygen atoms in total. The topological polar surface area (TPSA) is 46.6 Å². The Labute approximate surface area is 91.4 Å². The Hall–Kier alpha value is -1.55. The number of hydrogen-bond acceptors (Lipinski definition) is 3. The summed E-state index contributed by atoms with van der Waals surface area (Å²) >= 11 is 5.43. The lowest BCUT2D eigenvalue weighted by Crippen LogP contribution is -2.43. The van der Waals surface area contributed by atoms with E-state index in [1.807, 2.05) is 0 Å². The van der Waals surface area contributed by atoms with E-state index in [1.165, 1.54) is 0 Å². The predicted molar refractivity (Wildman–Crippen MR) is 55.2 cm³/mol. The fourth-order valence-corrected chi connectivity index (χ4v) is 1.56. The zero-order chi connectivity index (χ0) is 10.8. The van der Waals surface area contributed by atoms with Gasteiger partial charge in [0.15, 0.2) is 6.61 Å². The van der Waals surface area contributed by atoms with Crippen molar-refractivity contribution in [2.45, 2.75) is 0 Å². The van der Waals surface area contributed by atoms with Crippen LogP contribution < -0.4 is 9.64 Å². The Morgan fingerprint density at radius 1 is 1.47 bits per heavy atom. The number of rotatable bonds is 1. The van der Waals surface area contributed by atoms with E-state index in [-0.39, 0.29) is 18.4 Å². The van der Waals surface area contributed by atoms with Gasteiger partial charge in [-0.25, -0.2) is 4.90 Å². The summed E-state index contributed by atoms with van der Waals surface area (Å²) in [6, 6.07) is 6.86. The van der Waals surface area contributed by atoms with E-state index in [2.05, 4.69) is 0 Å². The number of halogens is 1. The molecular formula is C10H8ClNO3. The van der Waals surface area contributed by atoms with E-state index >= 15 is 0 Å². The van der Waals surface area contributed by atoms with Gasteiger partial charge < -0.3 is 4.74 Å². The standard InChI is InChI=1S/C10H8ClNO3/c11-5-9(13)12-7-3-1-2-4-8(7)15-6-10(12)14/h1-4H,5-6H2. The van der Waals surface area contributed by atoms with Crippen LogP contribution in [-0.4, -0.2) is 24.3 Å². The van der Waals surface area contributed by atoms with Crippen molar-refractivity contribution in [3.63, 3.8) is 0 Å². The number of carbonyl (C=O) groups is 2. The normalized spacial score (nSPS) is 14.5. The molecule has 1 heterocycles. The number of para-hydroxylation sites is 2. The van der Waals surface area contributed by atoms with Gasteiger partial charge in [-0.15, -0.1) is 11.6 Å². The lowest BCUT2D eigenvalue weighted by atomic mass is 10.2. The molecule has 0 bridgehead atoms. The Balaban J connectivity index is 2.46. The molecule has 0 spiro atoms. The molecule has 0 unspecified atom stereocenters. The maximum atomic E-state index is 11.5. The summed E-state index contributed by atoms with van der Waals surface area (Å²) in [7, 11) is 0. The quantitative estimate of drug-likeness (QED) is 0.675. The highest BCUT2D eigenvalue weighted by Gasteiger charge is 2.29. The molecule has 1 aliphatic heterocycles. The SMILES string of the molecule is O=C(CCl)N1C(=O)COc2ccccc21. The highest BCUT2D eigenvalue weighted by atomic mass is 35.5. The largest absolute Gasteiger partial charge is 0.482 e. The molecule has 0 saturated heterocycles. The molecule has 1 aromatic carbocycles. The van der Waals surface area contributed by atoms with Crippen LogP contribution in [0, 0.1) is 0 Å². The van der Waals surface area contributed by atoms with Crippen molar-refractivity contribution in [3.05, 3.63) is 24.3 Å². The first kappa shape index (κ1) is 9.98. The number of benzene rings is 1. The van der Waals surface area contributed by atoms with E-state index in [1.54, 1.807) is 24.3 Å². The summed E-state index contributed by atoms with van der Waals surface area (Å²) in [5.41, 5.74) is 0.458. The molecule has 0 fully saturated rings. The van der Waals surface area contributed by atoms with Crippen molar-refractivity contribution >= 4 is 29.1 Å². The lowest BCUT2D eigenvalue weighted by Gasteiger charge is -2.26. The van der Waals surface area contributed by atoms with Crippen molar-refractivity contribution in [1.29, 1.82) is 0 Å². The molecular weight excluding hydrogens is 218 g/mol. The monoisotopic (exact) mass is 225 g/mol. The van der Waals surface area contributed by atoms with Crippen LogP contribution in [-0.2, 0) is 9.59 Å². The second kappa shape index (κ2) is 3.90. The highest BCUT2D eigenvalue weighted by Crippen LogP contribution is 2.31. The third-order valence-corrected chi connectivity index (χ3v) is 2.30. The van der Waals surface area contributed by atoms with Gasteiger partial charge in [0.25, 0.3) is 5.91 Å². The Bertz CT molecular complexity index is 419. The number of ether oxygens (including phenoxy) is 1. The van der Waals surface area contributed by atoms with E-state index < -0.39 is 5.91 Å². The Morgan fingerprint density at radius 3 is 2.93 bits per heavy atom. The Kier molecular flexibility index (Phi) is 2.60. The fourth-order valence-electron chi connectivity index (χ4n) is 1.44.